The molecule has 1 fully saturated rings. The zero-order chi connectivity index (χ0) is 13.2. The zero-order valence-corrected chi connectivity index (χ0v) is 11.7. The molecule has 0 amide bonds. The lowest BCUT2D eigenvalue weighted by Crippen LogP contribution is -2.27. The van der Waals surface area contributed by atoms with Gasteiger partial charge in [-0.15, -0.1) is 0 Å². The lowest BCUT2D eigenvalue weighted by Gasteiger charge is -2.26. The van der Waals surface area contributed by atoms with Gasteiger partial charge >= 0.3 is 0 Å². The van der Waals surface area contributed by atoms with Crippen LogP contribution in [-0.4, -0.2) is 22.9 Å². The summed E-state index contributed by atoms with van der Waals surface area (Å²) < 4.78 is 10.9. The lowest BCUT2D eigenvalue weighted by atomic mass is 9.96. The van der Waals surface area contributed by atoms with Crippen molar-refractivity contribution >= 4 is 11.3 Å². The van der Waals surface area contributed by atoms with Crippen LogP contribution in [0.15, 0.2) is 15.3 Å². The average Bonchev–Trinajstić information content (AvgIpc) is 2.94. The predicted molar refractivity (Wildman–Crippen MR) is 72.9 cm³/mol. The second kappa shape index (κ2) is 5.40. The van der Waals surface area contributed by atoms with Crippen molar-refractivity contribution in [2.45, 2.75) is 38.3 Å². The maximum Gasteiger partial charge on any atom is 0.259 e. The van der Waals surface area contributed by atoms with Gasteiger partial charge in [-0.3, -0.25) is 0 Å². The van der Waals surface area contributed by atoms with E-state index in [0.29, 0.717) is 24.4 Å². The summed E-state index contributed by atoms with van der Waals surface area (Å²) in [6.07, 6.45) is 3.90. The van der Waals surface area contributed by atoms with Crippen LogP contribution in [0.3, 0.4) is 0 Å². The summed E-state index contributed by atoms with van der Waals surface area (Å²) >= 11 is 1.62. The minimum absolute atomic E-state index is 0.322. The van der Waals surface area contributed by atoms with Gasteiger partial charge < -0.3 is 15.0 Å². The summed E-state index contributed by atoms with van der Waals surface area (Å²) in [5, 5.41) is 8.01. The molecule has 1 atom stereocenters. The Balaban J connectivity index is 1.65. The summed E-state index contributed by atoms with van der Waals surface area (Å²) in [5.74, 6) is 1.05. The van der Waals surface area contributed by atoms with Gasteiger partial charge in [0.25, 0.3) is 5.89 Å². The van der Waals surface area contributed by atoms with E-state index in [-0.39, 0.29) is 6.04 Å². The highest BCUT2D eigenvalue weighted by Crippen LogP contribution is 2.26. The van der Waals surface area contributed by atoms with E-state index in [2.05, 4.69) is 15.5 Å². The Labute approximate surface area is 115 Å². The van der Waals surface area contributed by atoms with Crippen LogP contribution in [0.5, 0.6) is 0 Å². The van der Waals surface area contributed by atoms with Gasteiger partial charge in [0.15, 0.2) is 5.82 Å². The quantitative estimate of drug-likeness (QED) is 0.910. The van der Waals surface area contributed by atoms with E-state index >= 15 is 0 Å². The highest BCUT2D eigenvalue weighted by molar-refractivity contribution is 7.08. The molecule has 0 aliphatic heterocycles. The molecule has 102 valence electrons. The number of aryl methyl sites for hydroxylation is 1. The Hall–Kier alpha value is -1.24. The van der Waals surface area contributed by atoms with E-state index in [1.165, 1.54) is 6.42 Å². The average molecular weight is 279 g/mol. The molecule has 0 spiro atoms. The third-order valence-electron chi connectivity index (χ3n) is 3.42. The second-order valence-corrected chi connectivity index (χ2v) is 5.66. The molecule has 6 heteroatoms. The number of ether oxygens (including phenoxy) is 1. The van der Waals surface area contributed by atoms with Gasteiger partial charge in [0.1, 0.15) is 0 Å². The molecule has 0 bridgehead atoms. The van der Waals surface area contributed by atoms with Crippen LogP contribution in [-0.2, 0) is 4.74 Å². The van der Waals surface area contributed by atoms with Crippen LogP contribution in [0.4, 0.5) is 0 Å². The lowest BCUT2D eigenvalue weighted by molar-refractivity contribution is -0.00549. The van der Waals surface area contributed by atoms with Gasteiger partial charge in [-0.05, 0) is 37.1 Å². The van der Waals surface area contributed by atoms with Crippen molar-refractivity contribution in [3.8, 4) is 11.5 Å². The third-order valence-corrected chi connectivity index (χ3v) is 4.28. The van der Waals surface area contributed by atoms with E-state index in [1.807, 2.05) is 12.3 Å². The van der Waals surface area contributed by atoms with Crippen molar-refractivity contribution < 1.29 is 9.26 Å². The Morgan fingerprint density at radius 1 is 1.53 bits per heavy atom. The second-order valence-electron chi connectivity index (χ2n) is 4.92. The van der Waals surface area contributed by atoms with Crippen LogP contribution in [0, 0.1) is 6.92 Å². The first-order valence-corrected chi connectivity index (χ1v) is 7.42. The van der Waals surface area contributed by atoms with Gasteiger partial charge in [-0.1, -0.05) is 5.16 Å². The number of nitrogens with two attached hydrogens (primary N) is 1. The van der Waals surface area contributed by atoms with Gasteiger partial charge in [0, 0.05) is 5.38 Å². The minimum Gasteiger partial charge on any atom is -0.376 e. The summed E-state index contributed by atoms with van der Waals surface area (Å²) in [7, 11) is 0. The number of rotatable bonds is 5. The molecule has 3 rings (SSSR count). The summed E-state index contributed by atoms with van der Waals surface area (Å²) in [6, 6.07) is -0.322. The highest BCUT2D eigenvalue weighted by Gasteiger charge is 2.22. The smallest absolute Gasteiger partial charge is 0.259 e. The first kappa shape index (κ1) is 12.8. The van der Waals surface area contributed by atoms with Gasteiger partial charge in [-0.2, -0.15) is 16.3 Å². The molecule has 5 nitrogen and oxygen atoms in total. The molecule has 1 saturated carbocycles. The SMILES string of the molecule is Cc1cscc1-c1nc(C(N)COC2CCC2)no1. The largest absolute Gasteiger partial charge is 0.376 e. The Morgan fingerprint density at radius 2 is 2.37 bits per heavy atom. The van der Waals surface area contributed by atoms with Crippen LogP contribution >= 0.6 is 11.3 Å². The van der Waals surface area contributed by atoms with Crippen molar-refractivity contribution in [2.75, 3.05) is 6.61 Å². The van der Waals surface area contributed by atoms with Crippen molar-refractivity contribution in [3.63, 3.8) is 0 Å². The summed E-state index contributed by atoms with van der Waals surface area (Å²) in [5.41, 5.74) is 8.14. The molecule has 2 aromatic rings. The Kier molecular flexibility index (Phi) is 3.63. The molecule has 2 heterocycles. The molecule has 1 aliphatic rings. The van der Waals surface area contributed by atoms with E-state index in [9.17, 15) is 0 Å². The van der Waals surface area contributed by atoms with Crippen molar-refractivity contribution in [1.82, 2.24) is 10.1 Å². The molecule has 2 aromatic heterocycles. The normalized spacial score (nSPS) is 17.4. The monoisotopic (exact) mass is 279 g/mol. The Morgan fingerprint density at radius 3 is 3.00 bits per heavy atom. The van der Waals surface area contributed by atoms with Crippen molar-refractivity contribution in [1.29, 1.82) is 0 Å². The zero-order valence-electron chi connectivity index (χ0n) is 10.8. The molecule has 19 heavy (non-hydrogen) atoms. The van der Waals surface area contributed by atoms with Crippen molar-refractivity contribution in [3.05, 3.63) is 22.1 Å². The number of hydrogen-bond acceptors (Lipinski definition) is 6. The fraction of sp³-hybridized carbons (Fsp3) is 0.538. The maximum absolute atomic E-state index is 6.02. The minimum atomic E-state index is -0.322. The third kappa shape index (κ3) is 2.70. The number of aromatic nitrogens is 2. The first-order chi connectivity index (χ1) is 9.24. The van der Waals surface area contributed by atoms with Crippen LogP contribution in [0.1, 0.15) is 36.7 Å². The fourth-order valence-corrected chi connectivity index (χ4v) is 2.75. The van der Waals surface area contributed by atoms with Gasteiger partial charge in [0.05, 0.1) is 24.3 Å². The van der Waals surface area contributed by atoms with Crippen LogP contribution in [0.2, 0.25) is 0 Å². The molecule has 0 aromatic carbocycles. The summed E-state index contributed by atoms with van der Waals surface area (Å²) in [6.45, 7) is 2.47. The molecule has 0 radical (unpaired) electrons. The molecular weight excluding hydrogens is 262 g/mol. The van der Waals surface area contributed by atoms with E-state index in [4.69, 9.17) is 15.0 Å². The summed E-state index contributed by atoms with van der Waals surface area (Å²) in [4.78, 5) is 4.36. The standard InChI is InChI=1S/C13H17N3O2S/c1-8-6-19-7-10(8)13-15-12(16-18-13)11(14)5-17-9-3-2-4-9/h6-7,9,11H,2-5,14H2,1H3. The molecular formula is C13H17N3O2S. The Bertz CT molecular complexity index is 548. The van der Waals surface area contributed by atoms with Crippen LogP contribution in [0.25, 0.3) is 11.5 Å². The maximum atomic E-state index is 6.02. The fourth-order valence-electron chi connectivity index (χ4n) is 1.93. The first-order valence-electron chi connectivity index (χ1n) is 6.48. The van der Waals surface area contributed by atoms with E-state index in [1.54, 1.807) is 11.3 Å². The topological polar surface area (TPSA) is 74.2 Å². The van der Waals surface area contributed by atoms with Gasteiger partial charge in [0.2, 0.25) is 0 Å². The molecule has 2 N–H and O–H groups in total. The molecule has 0 saturated heterocycles. The highest BCUT2D eigenvalue weighted by atomic mass is 32.1. The molecule has 1 aliphatic carbocycles. The number of hydrogen-bond donors (Lipinski definition) is 1. The van der Waals surface area contributed by atoms with E-state index < -0.39 is 0 Å². The van der Waals surface area contributed by atoms with Gasteiger partial charge in [-0.25, -0.2) is 0 Å². The van der Waals surface area contributed by atoms with Crippen molar-refractivity contribution in [2.24, 2.45) is 5.73 Å². The number of thiophene rings is 1. The predicted octanol–water partition coefficient (Wildman–Crippen LogP) is 2.68. The number of nitrogens with zero attached hydrogens (tertiary/aromatic N) is 2. The molecule has 1 unspecified atom stereocenters. The van der Waals surface area contributed by atoms with E-state index in [0.717, 1.165) is 24.0 Å². The van der Waals surface area contributed by atoms with Crippen LogP contribution < -0.4 is 5.73 Å².